The highest BCUT2D eigenvalue weighted by atomic mass is 19.2. The lowest BCUT2D eigenvalue weighted by Crippen LogP contribution is -2.31. The maximum atomic E-state index is 14.1. The third-order valence-corrected chi connectivity index (χ3v) is 7.76. The van der Waals surface area contributed by atoms with Gasteiger partial charge in [0.05, 0.1) is 28.9 Å². The standard InChI is InChI=1S/C28H28F2N4O3/c1-15-27(16(2)37-32-15)17-3-10-24-23(13-17)31-28(34(24)18-4-7-20(35)8-5-18)25-11-12-26(36)33(25)19-6-9-21(29)22(30)14-19/h3,6,9-10,13-14,18,20,25,35H,4-5,7-8,11-12H2,1-2H3/t18-,20+,25-/m0/s1. The van der Waals surface area contributed by atoms with Crippen molar-refractivity contribution < 1.29 is 23.2 Å². The number of hydrogen-bond donors (Lipinski definition) is 1. The van der Waals surface area contributed by atoms with E-state index in [1.807, 2.05) is 32.0 Å². The molecule has 2 aromatic carbocycles. The van der Waals surface area contributed by atoms with Gasteiger partial charge in [-0.2, -0.15) is 0 Å². The van der Waals surface area contributed by atoms with Crippen molar-refractivity contribution >= 4 is 22.6 Å². The molecular formula is C28H28F2N4O3. The van der Waals surface area contributed by atoms with Crippen LogP contribution in [0.1, 0.15) is 67.9 Å². The lowest BCUT2D eigenvalue weighted by Gasteiger charge is -2.31. The molecule has 0 unspecified atom stereocenters. The van der Waals surface area contributed by atoms with E-state index >= 15 is 0 Å². The molecule has 192 valence electrons. The monoisotopic (exact) mass is 506 g/mol. The number of carbonyl (C=O) groups excluding carboxylic acids is 1. The topological polar surface area (TPSA) is 84.4 Å². The average molecular weight is 507 g/mol. The van der Waals surface area contributed by atoms with Crippen molar-refractivity contribution in [2.45, 2.75) is 70.6 Å². The largest absolute Gasteiger partial charge is 0.393 e. The first kappa shape index (κ1) is 23.8. The second-order valence-electron chi connectivity index (χ2n) is 10.1. The molecule has 9 heteroatoms. The first-order valence-corrected chi connectivity index (χ1v) is 12.7. The number of carbonyl (C=O) groups is 1. The summed E-state index contributed by atoms with van der Waals surface area (Å²) in [4.78, 5) is 19.6. The molecule has 37 heavy (non-hydrogen) atoms. The smallest absolute Gasteiger partial charge is 0.227 e. The number of fused-ring (bicyclic) bond motifs is 1. The molecule has 7 nitrogen and oxygen atoms in total. The van der Waals surface area contributed by atoms with Crippen LogP contribution >= 0.6 is 0 Å². The molecule has 1 aliphatic heterocycles. The van der Waals surface area contributed by atoms with Crippen LogP contribution in [0.4, 0.5) is 14.5 Å². The van der Waals surface area contributed by atoms with Gasteiger partial charge in [0.2, 0.25) is 5.91 Å². The predicted octanol–water partition coefficient (Wildman–Crippen LogP) is 5.93. The summed E-state index contributed by atoms with van der Waals surface area (Å²) in [6.45, 7) is 3.78. The molecule has 1 saturated carbocycles. The lowest BCUT2D eigenvalue weighted by molar-refractivity contribution is -0.117. The average Bonchev–Trinajstić information content (AvgIpc) is 3.55. The lowest BCUT2D eigenvalue weighted by atomic mass is 9.92. The van der Waals surface area contributed by atoms with E-state index < -0.39 is 17.7 Å². The molecule has 6 rings (SSSR count). The molecule has 1 amide bonds. The Balaban J connectivity index is 1.50. The van der Waals surface area contributed by atoms with E-state index in [1.54, 1.807) is 4.90 Å². The van der Waals surface area contributed by atoms with Gasteiger partial charge in [0.1, 0.15) is 11.6 Å². The van der Waals surface area contributed by atoms with Gasteiger partial charge in [0.25, 0.3) is 0 Å². The number of nitrogens with zero attached hydrogens (tertiary/aromatic N) is 4. The molecule has 1 N–H and O–H groups in total. The fourth-order valence-electron chi connectivity index (χ4n) is 5.99. The minimum atomic E-state index is -0.991. The number of aliphatic hydroxyl groups is 1. The number of imidazole rings is 1. The van der Waals surface area contributed by atoms with Gasteiger partial charge in [0, 0.05) is 29.8 Å². The number of hydrogen-bond acceptors (Lipinski definition) is 5. The normalized spacial score (nSPS) is 22.4. The Morgan fingerprint density at radius 1 is 1.00 bits per heavy atom. The molecule has 2 aliphatic rings. The van der Waals surface area contributed by atoms with Gasteiger partial charge in [-0.05, 0) is 75.8 Å². The summed E-state index contributed by atoms with van der Waals surface area (Å²) in [5.74, 6) is -0.640. The van der Waals surface area contributed by atoms with Gasteiger partial charge >= 0.3 is 0 Å². The van der Waals surface area contributed by atoms with Gasteiger partial charge < -0.3 is 19.1 Å². The second-order valence-corrected chi connectivity index (χ2v) is 10.1. The van der Waals surface area contributed by atoms with Gasteiger partial charge in [-0.1, -0.05) is 11.2 Å². The van der Waals surface area contributed by atoms with Gasteiger partial charge in [0.15, 0.2) is 11.6 Å². The van der Waals surface area contributed by atoms with Crippen molar-refractivity contribution in [1.29, 1.82) is 0 Å². The highest BCUT2D eigenvalue weighted by Crippen LogP contribution is 2.42. The SMILES string of the molecule is Cc1noc(C)c1-c1ccc2c(c1)nc([C@@H]1CCC(=O)N1c1ccc(F)c(F)c1)n2[C@H]1CC[C@@H](O)CC1. The van der Waals surface area contributed by atoms with Crippen LogP contribution in [0.25, 0.3) is 22.2 Å². The summed E-state index contributed by atoms with van der Waals surface area (Å²) in [5.41, 5.74) is 4.71. The summed E-state index contributed by atoms with van der Waals surface area (Å²) < 4.78 is 35.4. The van der Waals surface area contributed by atoms with Crippen LogP contribution in [0.3, 0.4) is 0 Å². The van der Waals surface area contributed by atoms with Crippen molar-refractivity contribution in [1.82, 2.24) is 14.7 Å². The fraction of sp³-hybridized carbons (Fsp3) is 0.393. The van der Waals surface area contributed by atoms with Crippen LogP contribution in [-0.2, 0) is 4.79 Å². The van der Waals surface area contributed by atoms with Crippen molar-refractivity contribution in [2.75, 3.05) is 4.90 Å². The van der Waals surface area contributed by atoms with E-state index in [0.29, 0.717) is 31.4 Å². The molecule has 2 fully saturated rings. The van der Waals surface area contributed by atoms with Crippen LogP contribution in [0.15, 0.2) is 40.9 Å². The molecule has 0 radical (unpaired) electrons. The van der Waals surface area contributed by atoms with Crippen LogP contribution in [-0.4, -0.2) is 31.8 Å². The number of aryl methyl sites for hydroxylation is 2. The molecule has 1 saturated heterocycles. The van der Waals surface area contributed by atoms with Crippen LogP contribution in [0.2, 0.25) is 0 Å². The van der Waals surface area contributed by atoms with Crippen LogP contribution in [0, 0.1) is 25.5 Å². The Labute approximate surface area is 212 Å². The minimum absolute atomic E-state index is 0.107. The van der Waals surface area contributed by atoms with Gasteiger partial charge in [-0.3, -0.25) is 4.79 Å². The Morgan fingerprint density at radius 2 is 1.78 bits per heavy atom. The van der Waals surface area contributed by atoms with Crippen molar-refractivity contribution in [3.8, 4) is 11.1 Å². The highest BCUT2D eigenvalue weighted by molar-refractivity contribution is 5.96. The Morgan fingerprint density at radius 3 is 2.49 bits per heavy atom. The molecule has 0 spiro atoms. The molecular weight excluding hydrogens is 478 g/mol. The Hall–Kier alpha value is -3.59. The quantitative estimate of drug-likeness (QED) is 0.371. The van der Waals surface area contributed by atoms with E-state index in [1.165, 1.54) is 6.07 Å². The zero-order valence-electron chi connectivity index (χ0n) is 20.7. The number of rotatable bonds is 4. The zero-order chi connectivity index (χ0) is 25.8. The first-order chi connectivity index (χ1) is 17.8. The molecule has 3 heterocycles. The van der Waals surface area contributed by atoms with E-state index in [9.17, 15) is 18.7 Å². The van der Waals surface area contributed by atoms with E-state index in [4.69, 9.17) is 9.51 Å². The summed E-state index contributed by atoms with van der Waals surface area (Å²) in [6.07, 6.45) is 3.46. The van der Waals surface area contributed by atoms with E-state index in [-0.39, 0.29) is 18.1 Å². The zero-order valence-corrected chi connectivity index (χ0v) is 20.7. The van der Waals surface area contributed by atoms with Crippen molar-refractivity contribution in [3.05, 3.63) is 65.3 Å². The molecule has 1 aliphatic carbocycles. The first-order valence-electron chi connectivity index (χ1n) is 12.7. The van der Waals surface area contributed by atoms with Crippen molar-refractivity contribution in [2.24, 2.45) is 0 Å². The van der Waals surface area contributed by atoms with E-state index in [2.05, 4.69) is 9.72 Å². The predicted molar refractivity (Wildman–Crippen MR) is 134 cm³/mol. The third-order valence-electron chi connectivity index (χ3n) is 7.76. The maximum Gasteiger partial charge on any atom is 0.227 e. The summed E-state index contributed by atoms with van der Waals surface area (Å²) in [7, 11) is 0. The number of anilines is 1. The second kappa shape index (κ2) is 9.06. The molecule has 4 aromatic rings. The molecule has 2 aromatic heterocycles. The highest BCUT2D eigenvalue weighted by Gasteiger charge is 2.38. The number of aliphatic hydroxyl groups excluding tert-OH is 1. The Bertz CT molecular complexity index is 1480. The van der Waals surface area contributed by atoms with Gasteiger partial charge in [-0.25, -0.2) is 13.8 Å². The van der Waals surface area contributed by atoms with Crippen molar-refractivity contribution in [3.63, 3.8) is 0 Å². The fourth-order valence-corrected chi connectivity index (χ4v) is 5.99. The summed E-state index contributed by atoms with van der Waals surface area (Å²) in [6, 6.07) is 9.33. The number of halogens is 2. The number of aromatic nitrogens is 3. The Kier molecular flexibility index (Phi) is 5.82. The third kappa shape index (κ3) is 4.01. The van der Waals surface area contributed by atoms with Gasteiger partial charge in [-0.15, -0.1) is 0 Å². The number of benzene rings is 2. The molecule has 0 bridgehead atoms. The van der Waals surface area contributed by atoms with Crippen LogP contribution < -0.4 is 4.90 Å². The summed E-state index contributed by atoms with van der Waals surface area (Å²) >= 11 is 0. The van der Waals surface area contributed by atoms with E-state index in [0.717, 1.165) is 64.4 Å². The minimum Gasteiger partial charge on any atom is -0.393 e. The molecule has 1 atom stereocenters. The van der Waals surface area contributed by atoms with Crippen LogP contribution in [0.5, 0.6) is 0 Å². The maximum absolute atomic E-state index is 14.1. The number of amides is 1. The summed E-state index contributed by atoms with van der Waals surface area (Å²) in [5, 5.41) is 14.2.